The molecule has 1 aromatic carbocycles. The Morgan fingerprint density at radius 3 is 2.88 bits per heavy atom. The van der Waals surface area contributed by atoms with Crippen molar-refractivity contribution in [3.63, 3.8) is 0 Å². The molecule has 0 bridgehead atoms. The van der Waals surface area contributed by atoms with Crippen LogP contribution in [-0.4, -0.2) is 0 Å². The normalized spacial score (nSPS) is 10.4. The largest absolute Gasteiger partial charge is 0.467 e. The highest BCUT2D eigenvalue weighted by atomic mass is 79.9. The Bertz CT molecular complexity index is 496. The van der Waals surface area contributed by atoms with Gasteiger partial charge in [0.2, 0.25) is 0 Å². The van der Waals surface area contributed by atoms with Crippen LogP contribution in [0.3, 0.4) is 0 Å². The second-order valence-corrected chi connectivity index (χ2v) is 4.42. The molecule has 0 saturated carbocycles. The van der Waals surface area contributed by atoms with Crippen LogP contribution in [0.2, 0.25) is 0 Å². The van der Waals surface area contributed by atoms with E-state index in [1.807, 2.05) is 13.0 Å². The summed E-state index contributed by atoms with van der Waals surface area (Å²) < 4.78 is 19.5. The van der Waals surface area contributed by atoms with Gasteiger partial charge in [0.05, 0.1) is 18.5 Å². The lowest BCUT2D eigenvalue weighted by Crippen LogP contribution is -2.01. The number of benzene rings is 1. The van der Waals surface area contributed by atoms with E-state index < -0.39 is 0 Å². The molecule has 2 rings (SSSR count). The molecule has 0 amide bonds. The van der Waals surface area contributed by atoms with Gasteiger partial charge >= 0.3 is 0 Å². The van der Waals surface area contributed by atoms with Crippen LogP contribution in [0.25, 0.3) is 0 Å². The highest BCUT2D eigenvalue weighted by Crippen LogP contribution is 2.21. The predicted octanol–water partition coefficient (Wildman–Crippen LogP) is 4.10. The number of rotatable bonds is 3. The third kappa shape index (κ3) is 2.44. The van der Waals surface area contributed by atoms with Crippen LogP contribution in [0.5, 0.6) is 0 Å². The van der Waals surface area contributed by atoms with Crippen molar-refractivity contribution in [1.82, 2.24) is 0 Å². The average molecular weight is 284 g/mol. The van der Waals surface area contributed by atoms with Crippen LogP contribution in [0.1, 0.15) is 11.3 Å². The molecule has 84 valence electrons. The summed E-state index contributed by atoms with van der Waals surface area (Å²) in [6, 6.07) is 6.67. The second-order valence-electron chi connectivity index (χ2n) is 3.50. The van der Waals surface area contributed by atoms with Crippen LogP contribution < -0.4 is 5.32 Å². The van der Waals surface area contributed by atoms with Crippen molar-refractivity contribution in [3.8, 4) is 0 Å². The van der Waals surface area contributed by atoms with Crippen molar-refractivity contribution in [2.75, 3.05) is 5.32 Å². The molecule has 0 aliphatic carbocycles. The van der Waals surface area contributed by atoms with Crippen LogP contribution in [0.4, 0.5) is 10.1 Å². The van der Waals surface area contributed by atoms with Gasteiger partial charge < -0.3 is 9.73 Å². The molecule has 0 atom stereocenters. The topological polar surface area (TPSA) is 25.2 Å². The zero-order valence-corrected chi connectivity index (χ0v) is 10.3. The summed E-state index contributed by atoms with van der Waals surface area (Å²) in [5.41, 5.74) is 1.52. The standard InChI is InChI=1S/C12H11BrFNO/c1-8-4-5-16-12(8)7-15-11-6-9(13)2-3-10(11)14/h2-6,15H,7H2,1H3. The third-order valence-electron chi connectivity index (χ3n) is 2.34. The van der Waals surface area contributed by atoms with E-state index in [-0.39, 0.29) is 5.82 Å². The molecule has 1 heterocycles. The summed E-state index contributed by atoms with van der Waals surface area (Å²) in [7, 11) is 0. The lowest BCUT2D eigenvalue weighted by atomic mass is 10.2. The first kappa shape index (κ1) is 11.2. The van der Waals surface area contributed by atoms with Crippen LogP contribution >= 0.6 is 15.9 Å². The molecule has 0 radical (unpaired) electrons. The lowest BCUT2D eigenvalue weighted by molar-refractivity contribution is 0.514. The van der Waals surface area contributed by atoms with Gasteiger partial charge in [0.1, 0.15) is 11.6 Å². The predicted molar refractivity (Wildman–Crippen MR) is 64.9 cm³/mol. The smallest absolute Gasteiger partial charge is 0.146 e. The Kier molecular flexibility index (Phi) is 3.29. The van der Waals surface area contributed by atoms with Gasteiger partial charge in [-0.05, 0) is 36.8 Å². The Labute approximate surface area is 102 Å². The zero-order valence-electron chi connectivity index (χ0n) is 8.76. The first-order chi connectivity index (χ1) is 7.66. The van der Waals surface area contributed by atoms with E-state index in [4.69, 9.17) is 4.42 Å². The van der Waals surface area contributed by atoms with Gasteiger partial charge in [-0.1, -0.05) is 15.9 Å². The minimum Gasteiger partial charge on any atom is -0.467 e. The zero-order chi connectivity index (χ0) is 11.5. The van der Waals surface area contributed by atoms with Crippen molar-refractivity contribution in [2.24, 2.45) is 0 Å². The van der Waals surface area contributed by atoms with E-state index in [9.17, 15) is 4.39 Å². The maximum Gasteiger partial charge on any atom is 0.146 e. The first-order valence-electron chi connectivity index (χ1n) is 4.88. The minimum absolute atomic E-state index is 0.271. The quantitative estimate of drug-likeness (QED) is 0.917. The minimum atomic E-state index is -0.271. The lowest BCUT2D eigenvalue weighted by Gasteiger charge is -2.06. The van der Waals surface area contributed by atoms with E-state index >= 15 is 0 Å². The Morgan fingerprint density at radius 1 is 1.38 bits per heavy atom. The summed E-state index contributed by atoms with van der Waals surface area (Å²) in [6.45, 7) is 2.43. The fourth-order valence-electron chi connectivity index (χ4n) is 1.39. The number of aryl methyl sites for hydroxylation is 1. The number of halogens is 2. The summed E-state index contributed by atoms with van der Waals surface area (Å²) in [5, 5.41) is 3.00. The van der Waals surface area contributed by atoms with Crippen LogP contribution in [0.15, 0.2) is 39.4 Å². The second kappa shape index (κ2) is 4.70. The van der Waals surface area contributed by atoms with Crippen molar-refractivity contribution >= 4 is 21.6 Å². The van der Waals surface area contributed by atoms with Gasteiger partial charge in [0.15, 0.2) is 0 Å². The van der Waals surface area contributed by atoms with Gasteiger partial charge in [-0.3, -0.25) is 0 Å². The number of furan rings is 1. The molecule has 1 N–H and O–H groups in total. The van der Waals surface area contributed by atoms with Crippen molar-refractivity contribution < 1.29 is 8.81 Å². The SMILES string of the molecule is Cc1ccoc1CNc1cc(Br)ccc1F. The van der Waals surface area contributed by atoms with Crippen molar-refractivity contribution in [1.29, 1.82) is 0 Å². The summed E-state index contributed by atoms with van der Waals surface area (Å²) in [6.07, 6.45) is 1.63. The molecule has 0 aliphatic rings. The molecule has 2 nitrogen and oxygen atoms in total. The van der Waals surface area contributed by atoms with E-state index in [1.165, 1.54) is 6.07 Å². The number of hydrogen-bond acceptors (Lipinski definition) is 2. The number of nitrogens with one attached hydrogen (secondary N) is 1. The average Bonchev–Trinajstić information content (AvgIpc) is 2.66. The van der Waals surface area contributed by atoms with Gasteiger partial charge in [-0.2, -0.15) is 0 Å². The highest BCUT2D eigenvalue weighted by molar-refractivity contribution is 9.10. The molecule has 0 fully saturated rings. The molecule has 1 aromatic heterocycles. The van der Waals surface area contributed by atoms with Gasteiger partial charge in [0, 0.05) is 4.47 Å². The monoisotopic (exact) mass is 283 g/mol. The molecule has 0 unspecified atom stereocenters. The number of hydrogen-bond donors (Lipinski definition) is 1. The van der Waals surface area contributed by atoms with Crippen LogP contribution in [-0.2, 0) is 6.54 Å². The fraction of sp³-hybridized carbons (Fsp3) is 0.167. The van der Waals surface area contributed by atoms with E-state index in [0.717, 1.165) is 15.8 Å². The summed E-state index contributed by atoms with van der Waals surface area (Å²) in [4.78, 5) is 0. The van der Waals surface area contributed by atoms with Gasteiger partial charge in [0.25, 0.3) is 0 Å². The van der Waals surface area contributed by atoms with Gasteiger partial charge in [-0.15, -0.1) is 0 Å². The molecular weight excluding hydrogens is 273 g/mol. The molecule has 0 aliphatic heterocycles. The van der Waals surface area contributed by atoms with Gasteiger partial charge in [-0.25, -0.2) is 4.39 Å². The Balaban J connectivity index is 2.10. The third-order valence-corrected chi connectivity index (χ3v) is 2.83. The fourth-order valence-corrected chi connectivity index (χ4v) is 1.75. The number of anilines is 1. The summed E-state index contributed by atoms with van der Waals surface area (Å²) >= 11 is 3.30. The molecular formula is C12H11BrFNO. The highest BCUT2D eigenvalue weighted by Gasteiger charge is 2.05. The van der Waals surface area contributed by atoms with E-state index in [2.05, 4.69) is 21.2 Å². The first-order valence-corrected chi connectivity index (χ1v) is 5.68. The molecule has 2 aromatic rings. The van der Waals surface area contributed by atoms with E-state index in [1.54, 1.807) is 18.4 Å². The van der Waals surface area contributed by atoms with E-state index in [0.29, 0.717) is 12.2 Å². The molecule has 16 heavy (non-hydrogen) atoms. The molecule has 4 heteroatoms. The van der Waals surface area contributed by atoms with Crippen molar-refractivity contribution in [3.05, 3.63) is 52.1 Å². The summed E-state index contributed by atoms with van der Waals surface area (Å²) in [5.74, 6) is 0.548. The molecule has 0 spiro atoms. The van der Waals surface area contributed by atoms with Crippen molar-refractivity contribution in [2.45, 2.75) is 13.5 Å². The maximum atomic E-state index is 13.4. The Hall–Kier alpha value is -1.29. The molecule has 0 saturated heterocycles. The maximum absolute atomic E-state index is 13.4. The van der Waals surface area contributed by atoms with Crippen LogP contribution in [0, 0.1) is 12.7 Å². The Morgan fingerprint density at radius 2 is 2.19 bits per heavy atom.